The molecule has 5 nitrogen and oxygen atoms in total. The first-order valence-corrected chi connectivity index (χ1v) is 11.7. The van der Waals surface area contributed by atoms with Gasteiger partial charge in [0.25, 0.3) is 0 Å². The Morgan fingerprint density at radius 2 is 1.73 bits per heavy atom. The molecule has 4 aromatic rings. The molecule has 1 aliphatic rings. The van der Waals surface area contributed by atoms with Crippen LogP contribution < -0.4 is 9.64 Å². The highest BCUT2D eigenvalue weighted by Crippen LogP contribution is 2.34. The van der Waals surface area contributed by atoms with Crippen LogP contribution in [0.3, 0.4) is 0 Å². The van der Waals surface area contributed by atoms with Gasteiger partial charge in [-0.05, 0) is 61.7 Å². The number of fused-ring (bicyclic) bond motifs is 1. The van der Waals surface area contributed by atoms with Crippen molar-refractivity contribution in [3.8, 4) is 5.75 Å². The molecule has 1 amide bonds. The Kier molecular flexibility index (Phi) is 6.11. The second-order valence-electron chi connectivity index (χ2n) is 8.53. The molecule has 1 aromatic heterocycles. The number of anilines is 1. The third-order valence-corrected chi connectivity index (χ3v) is 6.32. The van der Waals surface area contributed by atoms with Crippen molar-refractivity contribution < 1.29 is 9.53 Å². The van der Waals surface area contributed by atoms with Gasteiger partial charge in [-0.25, -0.2) is 4.98 Å². The van der Waals surface area contributed by atoms with Gasteiger partial charge >= 0.3 is 0 Å². The largest absolute Gasteiger partial charge is 0.494 e. The van der Waals surface area contributed by atoms with Gasteiger partial charge < -0.3 is 14.2 Å². The fraction of sp³-hybridized carbons (Fsp3) is 0.286. The molecule has 3 aromatic carbocycles. The SMILES string of the molecule is CCOc1ccc(N2C[C@H](c3nc4ccccc4n3CCCc3ccccc3)CC2=O)cc1. The Morgan fingerprint density at radius 3 is 2.52 bits per heavy atom. The van der Waals surface area contributed by atoms with Gasteiger partial charge in [0.05, 0.1) is 17.6 Å². The monoisotopic (exact) mass is 439 g/mol. The van der Waals surface area contributed by atoms with Crippen LogP contribution in [-0.2, 0) is 17.8 Å². The van der Waals surface area contributed by atoms with Gasteiger partial charge in [0.1, 0.15) is 11.6 Å². The third kappa shape index (κ3) is 4.49. The van der Waals surface area contributed by atoms with E-state index in [2.05, 4.69) is 53.1 Å². The average molecular weight is 440 g/mol. The molecule has 0 spiro atoms. The number of carbonyl (C=O) groups is 1. The van der Waals surface area contributed by atoms with E-state index in [4.69, 9.17) is 9.72 Å². The number of imidazole rings is 1. The number of rotatable bonds is 8. The zero-order valence-corrected chi connectivity index (χ0v) is 19.0. The molecule has 0 radical (unpaired) electrons. The van der Waals surface area contributed by atoms with Crippen LogP contribution in [0.4, 0.5) is 5.69 Å². The Morgan fingerprint density at radius 1 is 0.970 bits per heavy atom. The van der Waals surface area contributed by atoms with Gasteiger partial charge in [0.2, 0.25) is 5.91 Å². The van der Waals surface area contributed by atoms with Crippen LogP contribution in [-0.4, -0.2) is 28.6 Å². The summed E-state index contributed by atoms with van der Waals surface area (Å²) in [6.45, 7) is 4.13. The molecule has 5 heteroatoms. The summed E-state index contributed by atoms with van der Waals surface area (Å²) in [5.74, 6) is 2.07. The lowest BCUT2D eigenvalue weighted by Gasteiger charge is -2.18. The van der Waals surface area contributed by atoms with E-state index in [1.54, 1.807) is 0 Å². The minimum absolute atomic E-state index is 0.0770. The van der Waals surface area contributed by atoms with Crippen molar-refractivity contribution in [2.24, 2.45) is 0 Å². The lowest BCUT2D eigenvalue weighted by Crippen LogP contribution is -2.24. The highest BCUT2D eigenvalue weighted by atomic mass is 16.5. The zero-order chi connectivity index (χ0) is 22.6. The molecule has 1 atom stereocenters. The summed E-state index contributed by atoms with van der Waals surface area (Å²) in [6.07, 6.45) is 2.53. The highest BCUT2D eigenvalue weighted by molar-refractivity contribution is 5.96. The summed E-state index contributed by atoms with van der Waals surface area (Å²) >= 11 is 0. The molecule has 5 rings (SSSR count). The first kappa shape index (κ1) is 21.3. The summed E-state index contributed by atoms with van der Waals surface area (Å²) in [7, 11) is 0. The molecule has 2 heterocycles. The molecule has 1 fully saturated rings. The molecule has 0 bridgehead atoms. The van der Waals surface area contributed by atoms with Crippen molar-refractivity contribution in [1.82, 2.24) is 9.55 Å². The molecule has 0 saturated carbocycles. The lowest BCUT2D eigenvalue weighted by molar-refractivity contribution is -0.117. The topological polar surface area (TPSA) is 47.4 Å². The summed E-state index contributed by atoms with van der Waals surface area (Å²) in [4.78, 5) is 19.8. The maximum Gasteiger partial charge on any atom is 0.227 e. The number of benzene rings is 3. The quantitative estimate of drug-likeness (QED) is 0.360. The van der Waals surface area contributed by atoms with Crippen molar-refractivity contribution in [1.29, 1.82) is 0 Å². The number of aromatic nitrogens is 2. The van der Waals surface area contributed by atoms with Crippen molar-refractivity contribution >= 4 is 22.6 Å². The van der Waals surface area contributed by atoms with E-state index in [0.717, 1.165) is 47.7 Å². The predicted octanol–water partition coefficient (Wildman–Crippen LogP) is 5.59. The summed E-state index contributed by atoms with van der Waals surface area (Å²) < 4.78 is 7.87. The average Bonchev–Trinajstić information content (AvgIpc) is 3.41. The van der Waals surface area contributed by atoms with Gasteiger partial charge in [0.15, 0.2) is 0 Å². The van der Waals surface area contributed by atoms with Crippen LogP contribution >= 0.6 is 0 Å². The summed E-state index contributed by atoms with van der Waals surface area (Å²) in [6, 6.07) is 26.7. The number of hydrogen-bond donors (Lipinski definition) is 0. The number of hydrogen-bond acceptors (Lipinski definition) is 3. The van der Waals surface area contributed by atoms with E-state index in [1.165, 1.54) is 5.56 Å². The normalized spacial score (nSPS) is 16.0. The van der Waals surface area contributed by atoms with E-state index in [1.807, 2.05) is 42.2 Å². The molecular weight excluding hydrogens is 410 g/mol. The van der Waals surface area contributed by atoms with Crippen molar-refractivity contribution in [3.63, 3.8) is 0 Å². The van der Waals surface area contributed by atoms with E-state index >= 15 is 0 Å². The van der Waals surface area contributed by atoms with E-state index < -0.39 is 0 Å². The Bertz CT molecular complexity index is 1230. The van der Waals surface area contributed by atoms with Crippen LogP contribution in [0.15, 0.2) is 78.9 Å². The van der Waals surface area contributed by atoms with Crippen molar-refractivity contribution in [2.75, 3.05) is 18.1 Å². The minimum atomic E-state index is 0.0770. The van der Waals surface area contributed by atoms with Gasteiger partial charge in [-0.1, -0.05) is 42.5 Å². The highest BCUT2D eigenvalue weighted by Gasteiger charge is 2.34. The van der Waals surface area contributed by atoms with E-state index in [-0.39, 0.29) is 11.8 Å². The standard InChI is InChI=1S/C28H29N3O2/c1-2-33-24-16-14-23(15-17-24)31-20-22(19-27(31)32)28-29-25-12-6-7-13-26(25)30(28)18-8-11-21-9-4-3-5-10-21/h3-7,9-10,12-17,22H,2,8,11,18-20H2,1H3/t22-/m1/s1. The van der Waals surface area contributed by atoms with Gasteiger partial charge in [0, 0.05) is 31.1 Å². The van der Waals surface area contributed by atoms with Gasteiger partial charge in [-0.15, -0.1) is 0 Å². The second kappa shape index (κ2) is 9.49. The summed E-state index contributed by atoms with van der Waals surface area (Å²) in [5, 5.41) is 0. The number of nitrogens with zero attached hydrogens (tertiary/aromatic N) is 3. The maximum absolute atomic E-state index is 13.0. The first-order valence-electron chi connectivity index (χ1n) is 11.7. The van der Waals surface area contributed by atoms with Crippen LogP contribution in [0.25, 0.3) is 11.0 Å². The Labute approximate surface area is 194 Å². The number of amides is 1. The van der Waals surface area contributed by atoms with Crippen LogP contribution in [0.1, 0.15) is 37.1 Å². The molecule has 33 heavy (non-hydrogen) atoms. The smallest absolute Gasteiger partial charge is 0.227 e. The van der Waals surface area contributed by atoms with Crippen LogP contribution in [0.5, 0.6) is 5.75 Å². The first-order chi connectivity index (χ1) is 16.2. The Hall–Kier alpha value is -3.60. The number of carbonyl (C=O) groups excluding carboxylic acids is 1. The lowest BCUT2D eigenvalue weighted by atomic mass is 10.1. The molecule has 0 unspecified atom stereocenters. The fourth-order valence-corrected chi connectivity index (χ4v) is 4.75. The molecule has 1 saturated heterocycles. The fourth-order valence-electron chi connectivity index (χ4n) is 4.75. The van der Waals surface area contributed by atoms with Gasteiger partial charge in [-0.2, -0.15) is 0 Å². The maximum atomic E-state index is 13.0. The molecule has 0 N–H and O–H groups in total. The molecular formula is C28H29N3O2. The number of aryl methyl sites for hydroxylation is 2. The Balaban J connectivity index is 1.37. The molecule has 1 aliphatic heterocycles. The van der Waals surface area contributed by atoms with Crippen LogP contribution in [0.2, 0.25) is 0 Å². The second-order valence-corrected chi connectivity index (χ2v) is 8.53. The van der Waals surface area contributed by atoms with Gasteiger partial charge in [-0.3, -0.25) is 4.79 Å². The molecule has 168 valence electrons. The number of ether oxygens (including phenoxy) is 1. The summed E-state index contributed by atoms with van der Waals surface area (Å²) in [5.41, 5.74) is 4.41. The predicted molar refractivity (Wildman–Crippen MR) is 132 cm³/mol. The van der Waals surface area contributed by atoms with Crippen LogP contribution in [0, 0.1) is 0 Å². The third-order valence-electron chi connectivity index (χ3n) is 6.32. The zero-order valence-electron chi connectivity index (χ0n) is 19.0. The molecule has 0 aliphatic carbocycles. The van der Waals surface area contributed by atoms with E-state index in [0.29, 0.717) is 19.6 Å². The number of para-hydroxylation sites is 2. The van der Waals surface area contributed by atoms with E-state index in [9.17, 15) is 4.79 Å². The van der Waals surface area contributed by atoms with Crippen molar-refractivity contribution in [3.05, 3.63) is 90.3 Å². The van der Waals surface area contributed by atoms with Crippen molar-refractivity contribution in [2.45, 2.75) is 38.6 Å². The minimum Gasteiger partial charge on any atom is -0.494 e.